The minimum atomic E-state index is -4.51. The normalized spacial score (nSPS) is 15.2. The maximum absolute atomic E-state index is 13.6. The molecular formula is C27H27F3N6O7. The second-order valence-corrected chi connectivity index (χ2v) is 9.69. The zero-order valence-corrected chi connectivity index (χ0v) is 23.3. The van der Waals surface area contributed by atoms with Gasteiger partial charge in [0.2, 0.25) is 6.35 Å². The van der Waals surface area contributed by atoms with E-state index in [4.69, 9.17) is 13.6 Å². The number of rotatable bonds is 8. The monoisotopic (exact) mass is 604 g/mol. The van der Waals surface area contributed by atoms with Crippen LogP contribution in [0.15, 0.2) is 50.3 Å². The molecule has 16 heteroatoms. The van der Waals surface area contributed by atoms with Gasteiger partial charge in [-0.1, -0.05) is 19.1 Å². The van der Waals surface area contributed by atoms with Crippen molar-refractivity contribution in [3.63, 3.8) is 0 Å². The Balaban J connectivity index is 1.55. The average Bonchev–Trinajstić information content (AvgIpc) is 3.66. The highest BCUT2D eigenvalue weighted by Crippen LogP contribution is 2.35. The summed E-state index contributed by atoms with van der Waals surface area (Å²) in [5.74, 6) is -1.62. The first-order valence-electron chi connectivity index (χ1n) is 13.3. The van der Waals surface area contributed by atoms with E-state index >= 15 is 0 Å². The lowest BCUT2D eigenvalue weighted by molar-refractivity contribution is -0.137. The van der Waals surface area contributed by atoms with Crippen LogP contribution in [0, 0.1) is 6.92 Å². The van der Waals surface area contributed by atoms with Crippen LogP contribution in [0.25, 0.3) is 11.4 Å². The summed E-state index contributed by atoms with van der Waals surface area (Å²) >= 11 is 0. The van der Waals surface area contributed by atoms with Gasteiger partial charge in [-0.2, -0.15) is 18.3 Å². The van der Waals surface area contributed by atoms with Crippen LogP contribution < -0.4 is 10.7 Å². The summed E-state index contributed by atoms with van der Waals surface area (Å²) in [6.07, 6.45) is -3.59. The molecule has 3 aromatic heterocycles. The molecule has 1 N–H and O–H groups in total. The minimum absolute atomic E-state index is 0.0240. The van der Waals surface area contributed by atoms with Crippen molar-refractivity contribution in [3.05, 3.63) is 75.6 Å². The smallest absolute Gasteiger partial charge is 0.441 e. The predicted octanol–water partition coefficient (Wildman–Crippen LogP) is 3.82. The summed E-state index contributed by atoms with van der Waals surface area (Å²) in [5, 5.41) is 15.2. The third kappa shape index (κ3) is 5.64. The van der Waals surface area contributed by atoms with Gasteiger partial charge in [-0.15, -0.1) is 0 Å². The van der Waals surface area contributed by atoms with Crippen LogP contribution in [0.3, 0.4) is 0 Å². The van der Waals surface area contributed by atoms with Crippen molar-refractivity contribution >= 4 is 17.8 Å². The zero-order chi connectivity index (χ0) is 31.1. The summed E-state index contributed by atoms with van der Waals surface area (Å²) in [6.45, 7) is 4.88. The number of amides is 1. The number of anilines is 1. The topological polar surface area (TPSA) is 149 Å². The molecule has 1 atom stereocenters. The van der Waals surface area contributed by atoms with Gasteiger partial charge in [-0.05, 0) is 38.0 Å². The molecule has 228 valence electrons. The molecule has 0 fully saturated rings. The van der Waals surface area contributed by atoms with E-state index in [0.717, 1.165) is 16.7 Å². The van der Waals surface area contributed by atoms with E-state index in [2.05, 4.69) is 10.1 Å². The van der Waals surface area contributed by atoms with Crippen molar-refractivity contribution in [2.24, 2.45) is 0 Å². The Labute approximate surface area is 241 Å². The highest BCUT2D eigenvalue weighted by Gasteiger charge is 2.42. The molecule has 1 unspecified atom stereocenters. The maximum Gasteiger partial charge on any atom is 0.519 e. The first-order valence-corrected chi connectivity index (χ1v) is 13.3. The Morgan fingerprint density at radius 3 is 2.58 bits per heavy atom. The number of aromatic nitrogens is 4. The van der Waals surface area contributed by atoms with Crippen LogP contribution >= 0.6 is 0 Å². The number of benzene rings is 1. The molecule has 0 spiro atoms. The quantitative estimate of drug-likeness (QED) is 0.315. The number of fused-ring (bicyclic) bond motifs is 1. The zero-order valence-electron chi connectivity index (χ0n) is 23.3. The van der Waals surface area contributed by atoms with Gasteiger partial charge < -0.3 is 23.6 Å². The van der Waals surface area contributed by atoms with Crippen LogP contribution in [-0.2, 0) is 24.1 Å². The Kier molecular flexibility index (Phi) is 7.88. The van der Waals surface area contributed by atoms with E-state index in [9.17, 15) is 32.7 Å². The summed E-state index contributed by atoms with van der Waals surface area (Å²) < 4.78 is 57.0. The van der Waals surface area contributed by atoms with Crippen molar-refractivity contribution in [3.8, 4) is 11.4 Å². The van der Waals surface area contributed by atoms with Crippen molar-refractivity contribution < 1.29 is 41.4 Å². The van der Waals surface area contributed by atoms with Gasteiger partial charge in [0.25, 0.3) is 5.91 Å². The van der Waals surface area contributed by atoms with Gasteiger partial charge in [0.15, 0.2) is 35.5 Å². The second kappa shape index (κ2) is 11.4. The van der Waals surface area contributed by atoms with Crippen molar-refractivity contribution in [1.82, 2.24) is 24.2 Å². The molecule has 1 aliphatic rings. The van der Waals surface area contributed by atoms with Gasteiger partial charge in [0.1, 0.15) is 0 Å². The molecule has 4 heterocycles. The number of carbonyl (C=O) groups is 2. The first kappa shape index (κ1) is 29.6. The molecule has 4 aromatic rings. The van der Waals surface area contributed by atoms with Crippen LogP contribution in [0.5, 0.6) is 0 Å². The van der Waals surface area contributed by atoms with E-state index < -0.39 is 42.5 Å². The number of ether oxygens (including phenoxy) is 1. The molecule has 1 aromatic carbocycles. The van der Waals surface area contributed by atoms with E-state index in [0.29, 0.717) is 12.0 Å². The molecule has 1 aliphatic heterocycles. The SMILES string of the molecule is CCCN1C(=O)c2c(nc(-c3cnn(Cc4cccc(C(F)(F)F)c4)c3)n2C(=O)OCc2oc(=O)oc2C)N(CC)C1O. The molecule has 0 saturated heterocycles. The number of aliphatic hydroxyl groups excluding tert-OH is 1. The van der Waals surface area contributed by atoms with Crippen molar-refractivity contribution in [1.29, 1.82) is 0 Å². The molecule has 0 aliphatic carbocycles. The largest absolute Gasteiger partial charge is 0.519 e. The molecule has 0 bridgehead atoms. The molecular weight excluding hydrogens is 577 g/mol. The Morgan fingerprint density at radius 1 is 1.16 bits per heavy atom. The van der Waals surface area contributed by atoms with Crippen LogP contribution in [0.2, 0.25) is 0 Å². The van der Waals surface area contributed by atoms with E-state index in [1.54, 1.807) is 6.92 Å². The van der Waals surface area contributed by atoms with Gasteiger partial charge in [-0.3, -0.25) is 14.4 Å². The van der Waals surface area contributed by atoms with Crippen LogP contribution in [-0.4, -0.2) is 60.8 Å². The molecule has 0 saturated carbocycles. The standard InChI is InChI=1S/C27H27F3N6O7/c1-4-9-35-23(37)20-22(34(5-2)24(35)38)32-21(36(20)25(39)41-14-19-15(3)42-26(40)43-19)17-11-31-33(13-17)12-16-7-6-8-18(10-16)27(28,29)30/h6-8,10-11,13,24,38H,4-5,9,12,14H2,1-3H3. The number of imidazole rings is 1. The number of aliphatic hydroxyl groups is 1. The van der Waals surface area contributed by atoms with E-state index in [-0.39, 0.29) is 54.1 Å². The Hall–Kier alpha value is -4.86. The fourth-order valence-corrected chi connectivity index (χ4v) is 4.76. The molecule has 43 heavy (non-hydrogen) atoms. The lowest BCUT2D eigenvalue weighted by Crippen LogP contribution is -2.56. The summed E-state index contributed by atoms with van der Waals surface area (Å²) in [7, 11) is 0. The minimum Gasteiger partial charge on any atom is -0.441 e. The molecule has 1 amide bonds. The third-order valence-corrected chi connectivity index (χ3v) is 6.79. The third-order valence-electron chi connectivity index (χ3n) is 6.79. The lowest BCUT2D eigenvalue weighted by Gasteiger charge is -2.39. The lowest BCUT2D eigenvalue weighted by atomic mass is 10.1. The van der Waals surface area contributed by atoms with Gasteiger partial charge in [0.05, 0.1) is 23.9 Å². The van der Waals surface area contributed by atoms with Crippen molar-refractivity contribution in [2.75, 3.05) is 18.0 Å². The summed E-state index contributed by atoms with van der Waals surface area (Å²) in [6, 6.07) is 4.79. The predicted molar refractivity (Wildman–Crippen MR) is 142 cm³/mol. The molecule has 5 rings (SSSR count). The first-order chi connectivity index (χ1) is 20.4. The highest BCUT2D eigenvalue weighted by molar-refractivity contribution is 6.03. The fourth-order valence-electron chi connectivity index (χ4n) is 4.76. The summed E-state index contributed by atoms with van der Waals surface area (Å²) in [5.41, 5.74) is -0.407. The average molecular weight is 605 g/mol. The Morgan fingerprint density at radius 2 is 1.93 bits per heavy atom. The van der Waals surface area contributed by atoms with Gasteiger partial charge >= 0.3 is 18.1 Å². The Bertz CT molecular complexity index is 1720. The number of carbonyl (C=O) groups excluding carboxylic acids is 2. The number of hydrogen-bond acceptors (Lipinski definition) is 10. The summed E-state index contributed by atoms with van der Waals surface area (Å²) in [4.78, 5) is 45.7. The van der Waals surface area contributed by atoms with Gasteiger partial charge in [0, 0.05) is 19.3 Å². The van der Waals surface area contributed by atoms with Crippen molar-refractivity contribution in [2.45, 2.75) is 52.9 Å². The number of alkyl halides is 3. The van der Waals surface area contributed by atoms with E-state index in [1.807, 2.05) is 6.92 Å². The van der Waals surface area contributed by atoms with Crippen LogP contribution in [0.1, 0.15) is 53.4 Å². The highest BCUT2D eigenvalue weighted by atomic mass is 19.4. The second-order valence-electron chi connectivity index (χ2n) is 9.69. The van der Waals surface area contributed by atoms with Crippen LogP contribution in [0.4, 0.5) is 23.8 Å². The fraction of sp³-hybridized carbons (Fsp3) is 0.370. The number of halogens is 3. The number of hydrogen-bond donors (Lipinski definition) is 1. The number of aryl methyl sites for hydroxylation is 1. The molecule has 0 radical (unpaired) electrons. The molecule has 13 nitrogen and oxygen atoms in total. The maximum atomic E-state index is 13.6. The number of nitrogens with zero attached hydrogens (tertiary/aromatic N) is 6. The van der Waals surface area contributed by atoms with E-state index in [1.165, 1.54) is 45.9 Å². The van der Waals surface area contributed by atoms with Gasteiger partial charge in [-0.25, -0.2) is 19.1 Å².